The predicted molar refractivity (Wildman–Crippen MR) is 62.9 cm³/mol. The molecule has 90 valence electrons. The van der Waals surface area contributed by atoms with E-state index in [0.717, 1.165) is 22.6 Å². The molecule has 0 unspecified atom stereocenters. The third-order valence-corrected chi connectivity index (χ3v) is 2.73. The quantitative estimate of drug-likeness (QED) is 0.883. The van der Waals surface area contributed by atoms with Crippen LogP contribution in [-0.2, 0) is 13.1 Å². The number of benzene rings is 1. The molecule has 0 saturated carbocycles. The fraction of sp³-hybridized carbons (Fsp3) is 0.308. The fourth-order valence-electron chi connectivity index (χ4n) is 1.69. The summed E-state index contributed by atoms with van der Waals surface area (Å²) in [6.07, 6.45) is 0. The second kappa shape index (κ2) is 5.10. The molecule has 0 amide bonds. The first-order valence-corrected chi connectivity index (χ1v) is 5.53. The molecule has 1 aromatic heterocycles. The van der Waals surface area contributed by atoms with Crippen LogP contribution in [0.1, 0.15) is 22.6 Å². The zero-order valence-electron chi connectivity index (χ0n) is 9.96. The molecular formula is C13H15FN2O. The largest absolute Gasteiger partial charge is 0.361 e. The molecular weight excluding hydrogens is 219 g/mol. The molecule has 2 rings (SSSR count). The van der Waals surface area contributed by atoms with Gasteiger partial charge in [-0.15, -0.1) is 0 Å². The van der Waals surface area contributed by atoms with Crippen LogP contribution in [0.5, 0.6) is 0 Å². The van der Waals surface area contributed by atoms with Crippen LogP contribution < -0.4 is 5.32 Å². The lowest BCUT2D eigenvalue weighted by Gasteiger charge is -2.04. The minimum Gasteiger partial charge on any atom is -0.361 e. The number of hydrogen-bond acceptors (Lipinski definition) is 3. The molecule has 0 saturated heterocycles. The number of nitrogens with one attached hydrogen (secondary N) is 1. The average Bonchev–Trinajstić information content (AvgIpc) is 2.63. The highest BCUT2D eigenvalue weighted by atomic mass is 19.1. The first-order valence-electron chi connectivity index (χ1n) is 5.53. The first kappa shape index (κ1) is 11.8. The average molecular weight is 234 g/mol. The van der Waals surface area contributed by atoms with Crippen molar-refractivity contribution in [2.45, 2.75) is 26.9 Å². The molecule has 1 aromatic carbocycles. The van der Waals surface area contributed by atoms with E-state index >= 15 is 0 Å². The van der Waals surface area contributed by atoms with Crippen molar-refractivity contribution < 1.29 is 8.91 Å². The van der Waals surface area contributed by atoms with Gasteiger partial charge in [0.15, 0.2) is 0 Å². The third-order valence-electron chi connectivity index (χ3n) is 2.73. The minimum atomic E-state index is -0.209. The highest BCUT2D eigenvalue weighted by molar-refractivity contribution is 5.21. The normalized spacial score (nSPS) is 10.8. The van der Waals surface area contributed by atoms with Crippen LogP contribution >= 0.6 is 0 Å². The molecule has 17 heavy (non-hydrogen) atoms. The number of aromatic nitrogens is 1. The molecule has 1 heterocycles. The third kappa shape index (κ3) is 2.91. The zero-order valence-corrected chi connectivity index (χ0v) is 9.96. The Bertz CT molecular complexity index is 471. The van der Waals surface area contributed by atoms with E-state index in [0.29, 0.717) is 13.1 Å². The van der Waals surface area contributed by atoms with Crippen molar-refractivity contribution in [3.05, 3.63) is 52.7 Å². The summed E-state index contributed by atoms with van der Waals surface area (Å²) >= 11 is 0. The highest BCUT2D eigenvalue weighted by Gasteiger charge is 2.07. The summed E-state index contributed by atoms with van der Waals surface area (Å²) in [6.45, 7) is 5.23. The molecule has 0 atom stereocenters. The molecule has 0 fully saturated rings. The maximum absolute atomic E-state index is 12.7. The molecule has 0 aliphatic carbocycles. The van der Waals surface area contributed by atoms with Crippen molar-refractivity contribution in [2.75, 3.05) is 0 Å². The topological polar surface area (TPSA) is 38.1 Å². The molecule has 4 heteroatoms. The van der Waals surface area contributed by atoms with Gasteiger partial charge in [-0.25, -0.2) is 4.39 Å². The molecule has 0 aliphatic heterocycles. The minimum absolute atomic E-state index is 0.209. The Morgan fingerprint density at radius 1 is 1.18 bits per heavy atom. The van der Waals surface area contributed by atoms with Crippen LogP contribution in [0.2, 0.25) is 0 Å². The van der Waals surface area contributed by atoms with Crippen LogP contribution in [0, 0.1) is 19.7 Å². The smallest absolute Gasteiger partial charge is 0.138 e. The summed E-state index contributed by atoms with van der Waals surface area (Å²) < 4.78 is 17.8. The lowest BCUT2D eigenvalue weighted by atomic mass is 10.2. The van der Waals surface area contributed by atoms with E-state index in [1.807, 2.05) is 13.8 Å². The van der Waals surface area contributed by atoms with E-state index < -0.39 is 0 Å². The standard InChI is InChI=1S/C13H15FN2O/c1-9-13(10(2)17-16-9)8-15-7-11-3-5-12(14)6-4-11/h3-6,15H,7-8H2,1-2H3. The fourth-order valence-corrected chi connectivity index (χ4v) is 1.69. The molecule has 0 radical (unpaired) electrons. The number of hydrogen-bond donors (Lipinski definition) is 1. The van der Waals surface area contributed by atoms with Crippen LogP contribution in [0.25, 0.3) is 0 Å². The van der Waals surface area contributed by atoms with E-state index in [4.69, 9.17) is 4.52 Å². The molecule has 3 nitrogen and oxygen atoms in total. The summed E-state index contributed by atoms with van der Waals surface area (Å²) in [5.41, 5.74) is 3.05. The van der Waals surface area contributed by atoms with Gasteiger partial charge in [-0.3, -0.25) is 0 Å². The Morgan fingerprint density at radius 3 is 2.47 bits per heavy atom. The van der Waals surface area contributed by atoms with E-state index in [2.05, 4.69) is 10.5 Å². The van der Waals surface area contributed by atoms with E-state index in [-0.39, 0.29) is 5.82 Å². The number of halogens is 1. The van der Waals surface area contributed by atoms with Gasteiger partial charge in [0.2, 0.25) is 0 Å². The van der Waals surface area contributed by atoms with E-state index in [9.17, 15) is 4.39 Å². The van der Waals surface area contributed by atoms with Gasteiger partial charge >= 0.3 is 0 Å². The Labute approximate surface area is 99.6 Å². The summed E-state index contributed by atoms with van der Waals surface area (Å²) in [5.74, 6) is 0.633. The molecule has 0 bridgehead atoms. The summed E-state index contributed by atoms with van der Waals surface area (Å²) in [7, 11) is 0. The van der Waals surface area contributed by atoms with Crippen LogP contribution in [0.3, 0.4) is 0 Å². The van der Waals surface area contributed by atoms with Gasteiger partial charge in [0.1, 0.15) is 11.6 Å². The Morgan fingerprint density at radius 2 is 1.88 bits per heavy atom. The number of nitrogens with zero attached hydrogens (tertiary/aromatic N) is 1. The van der Waals surface area contributed by atoms with Gasteiger partial charge in [0, 0.05) is 18.7 Å². The van der Waals surface area contributed by atoms with Crippen molar-refractivity contribution in [1.29, 1.82) is 0 Å². The van der Waals surface area contributed by atoms with Crippen molar-refractivity contribution in [3.63, 3.8) is 0 Å². The maximum atomic E-state index is 12.7. The second-order valence-corrected chi connectivity index (χ2v) is 4.03. The van der Waals surface area contributed by atoms with Crippen LogP contribution in [0.15, 0.2) is 28.8 Å². The van der Waals surface area contributed by atoms with Crippen molar-refractivity contribution >= 4 is 0 Å². The van der Waals surface area contributed by atoms with Gasteiger partial charge in [0.05, 0.1) is 5.69 Å². The zero-order chi connectivity index (χ0) is 12.3. The Hall–Kier alpha value is -1.68. The van der Waals surface area contributed by atoms with Crippen molar-refractivity contribution in [1.82, 2.24) is 10.5 Å². The summed E-state index contributed by atoms with van der Waals surface area (Å²) in [4.78, 5) is 0. The summed E-state index contributed by atoms with van der Waals surface area (Å²) in [5, 5.41) is 7.17. The Kier molecular flexibility index (Phi) is 3.54. The number of aryl methyl sites for hydroxylation is 2. The second-order valence-electron chi connectivity index (χ2n) is 4.03. The molecule has 0 aliphatic rings. The Balaban J connectivity index is 1.90. The van der Waals surface area contributed by atoms with Gasteiger partial charge in [0.25, 0.3) is 0 Å². The van der Waals surface area contributed by atoms with Gasteiger partial charge < -0.3 is 9.84 Å². The molecule has 2 aromatic rings. The summed E-state index contributed by atoms with van der Waals surface area (Å²) in [6, 6.07) is 6.48. The van der Waals surface area contributed by atoms with Crippen LogP contribution in [-0.4, -0.2) is 5.16 Å². The lowest BCUT2D eigenvalue weighted by molar-refractivity contribution is 0.392. The molecule has 0 spiro atoms. The van der Waals surface area contributed by atoms with Gasteiger partial charge in [-0.05, 0) is 31.5 Å². The SMILES string of the molecule is Cc1noc(C)c1CNCc1ccc(F)cc1. The van der Waals surface area contributed by atoms with Gasteiger partial charge in [-0.2, -0.15) is 0 Å². The number of rotatable bonds is 4. The van der Waals surface area contributed by atoms with E-state index in [1.54, 1.807) is 12.1 Å². The predicted octanol–water partition coefficient (Wildman–Crippen LogP) is 2.72. The maximum Gasteiger partial charge on any atom is 0.138 e. The van der Waals surface area contributed by atoms with Crippen molar-refractivity contribution in [2.24, 2.45) is 0 Å². The monoisotopic (exact) mass is 234 g/mol. The van der Waals surface area contributed by atoms with E-state index in [1.165, 1.54) is 12.1 Å². The van der Waals surface area contributed by atoms with Crippen molar-refractivity contribution in [3.8, 4) is 0 Å². The molecule has 1 N–H and O–H groups in total. The van der Waals surface area contributed by atoms with Gasteiger partial charge in [-0.1, -0.05) is 17.3 Å². The lowest BCUT2D eigenvalue weighted by Crippen LogP contribution is -2.13. The van der Waals surface area contributed by atoms with Crippen LogP contribution in [0.4, 0.5) is 4.39 Å². The first-order chi connectivity index (χ1) is 8.16. The highest BCUT2D eigenvalue weighted by Crippen LogP contribution is 2.11.